The summed E-state index contributed by atoms with van der Waals surface area (Å²) in [6.45, 7) is 5.88. The second kappa shape index (κ2) is 10.2. The zero-order valence-electron chi connectivity index (χ0n) is 17.6. The van der Waals surface area contributed by atoms with Crippen molar-refractivity contribution in [3.63, 3.8) is 0 Å². The Balaban J connectivity index is 1.62. The molecule has 11 nitrogen and oxygen atoms in total. The van der Waals surface area contributed by atoms with Crippen molar-refractivity contribution in [3.8, 4) is 0 Å². The number of carboxylic acid groups (broad SMARTS) is 1. The Morgan fingerprint density at radius 2 is 1.97 bits per heavy atom. The van der Waals surface area contributed by atoms with E-state index in [0.29, 0.717) is 52.0 Å². The molecule has 2 atom stereocenters. The molecule has 0 unspecified atom stereocenters. The fraction of sp³-hybridized carbons (Fsp3) is 0.941. The maximum Gasteiger partial charge on any atom is 0.456 e. The molecule has 3 heterocycles. The lowest BCUT2D eigenvalue weighted by molar-refractivity contribution is -0.144. The highest BCUT2D eigenvalue weighted by Gasteiger charge is 2.53. The molecule has 3 saturated heterocycles. The van der Waals surface area contributed by atoms with Gasteiger partial charge in [-0.05, 0) is 12.7 Å². The van der Waals surface area contributed by atoms with Gasteiger partial charge in [-0.25, -0.2) is 0 Å². The molecule has 0 amide bonds. The van der Waals surface area contributed by atoms with Gasteiger partial charge in [-0.3, -0.25) is 4.79 Å². The lowest BCUT2D eigenvalue weighted by Gasteiger charge is -2.38. The summed E-state index contributed by atoms with van der Waals surface area (Å²) in [4.78, 5) is 12.0. The maximum atomic E-state index is 13.2. The summed E-state index contributed by atoms with van der Waals surface area (Å²) in [6, 6.07) is -0.0980. The van der Waals surface area contributed by atoms with Crippen molar-refractivity contribution in [2.45, 2.75) is 37.7 Å². The second-order valence-corrected chi connectivity index (χ2v) is 10.1. The number of nitrogens with two attached hydrogens (primary N) is 1. The summed E-state index contributed by atoms with van der Waals surface area (Å²) in [7, 11) is -4.10. The predicted octanol–water partition coefficient (Wildman–Crippen LogP) is -1.86. The number of carboxylic acids is 1. The Hall–Kier alpha value is -0.795. The first-order valence-electron chi connectivity index (χ1n) is 10.7. The molecule has 5 N–H and O–H groups in total. The molecule has 30 heavy (non-hydrogen) atoms. The predicted molar refractivity (Wildman–Crippen MR) is 112 cm³/mol. The number of aliphatic carboxylic acids is 1. The Kier molecular flexibility index (Phi) is 8.12. The van der Waals surface area contributed by atoms with E-state index in [1.807, 2.05) is 0 Å². The molecule has 0 spiro atoms. The molecule has 0 aliphatic carbocycles. The van der Waals surface area contributed by atoms with Gasteiger partial charge >= 0.3 is 13.1 Å². The Labute approximate surface area is 178 Å². The number of carbonyl (C=O) groups is 1. The normalized spacial score (nSPS) is 29.6. The van der Waals surface area contributed by atoms with Crippen LogP contribution >= 0.6 is 0 Å². The molecule has 0 bridgehead atoms. The molecule has 0 aromatic rings. The van der Waals surface area contributed by atoms with E-state index in [9.17, 15) is 18.3 Å². The van der Waals surface area contributed by atoms with Crippen LogP contribution in [0.1, 0.15) is 19.8 Å². The van der Waals surface area contributed by atoms with E-state index in [1.165, 1.54) is 8.61 Å². The first kappa shape index (κ1) is 23.9. The van der Waals surface area contributed by atoms with Gasteiger partial charge in [0.15, 0.2) is 0 Å². The first-order chi connectivity index (χ1) is 14.3. The minimum Gasteiger partial charge on any atom is -0.480 e. The van der Waals surface area contributed by atoms with Crippen LogP contribution in [0.25, 0.3) is 0 Å². The number of hydrogen-bond acceptors (Lipinski definition) is 8. The van der Waals surface area contributed by atoms with Crippen LogP contribution in [0.4, 0.5) is 0 Å². The zero-order valence-corrected chi connectivity index (χ0v) is 18.4. The second-order valence-electron chi connectivity index (χ2n) is 8.21. The summed E-state index contributed by atoms with van der Waals surface area (Å²) < 4.78 is 40.4. The summed E-state index contributed by atoms with van der Waals surface area (Å²) >= 11 is 0. The Morgan fingerprint density at radius 1 is 1.30 bits per heavy atom. The average molecular weight is 447 g/mol. The molecule has 3 rings (SSSR count). The van der Waals surface area contributed by atoms with Crippen LogP contribution < -0.4 is 16.4 Å². The van der Waals surface area contributed by atoms with Crippen LogP contribution in [0.15, 0.2) is 0 Å². The molecule has 3 aliphatic rings. The van der Waals surface area contributed by atoms with E-state index in [2.05, 4.69) is 10.6 Å². The number of nitrogens with one attached hydrogen (secondary N) is 2. The topological polar surface area (TPSA) is 146 Å². The molecule has 172 valence electrons. The fourth-order valence-electron chi connectivity index (χ4n) is 4.29. The van der Waals surface area contributed by atoms with Crippen LogP contribution in [0.5, 0.6) is 0 Å². The summed E-state index contributed by atoms with van der Waals surface area (Å²) in [5.41, 5.74) is 4.65. The number of hydrogen-bond donors (Lipinski definition) is 4. The van der Waals surface area contributed by atoms with Gasteiger partial charge in [0.1, 0.15) is 5.54 Å². The van der Waals surface area contributed by atoms with E-state index < -0.39 is 27.6 Å². The molecular weight excluding hydrogens is 413 g/mol. The van der Waals surface area contributed by atoms with Gasteiger partial charge in [0.25, 0.3) is 10.2 Å². The quantitative estimate of drug-likeness (QED) is 0.299. The van der Waals surface area contributed by atoms with Crippen LogP contribution in [0, 0.1) is 5.92 Å². The van der Waals surface area contributed by atoms with Crippen LogP contribution in [0.3, 0.4) is 0 Å². The van der Waals surface area contributed by atoms with Crippen molar-refractivity contribution in [2.75, 3.05) is 59.0 Å². The summed E-state index contributed by atoms with van der Waals surface area (Å²) in [6.07, 6.45) is 1.76. The number of likely N-dealkylation sites (N-methyl/N-ethyl adjacent to an activating group) is 1. The van der Waals surface area contributed by atoms with E-state index in [4.69, 9.17) is 15.0 Å². The third-order valence-electron chi connectivity index (χ3n) is 6.25. The third-order valence-corrected chi connectivity index (χ3v) is 8.33. The third kappa shape index (κ3) is 5.15. The van der Waals surface area contributed by atoms with Crippen molar-refractivity contribution in [2.24, 2.45) is 11.7 Å². The Morgan fingerprint density at radius 3 is 2.50 bits per heavy atom. The molecule has 3 fully saturated rings. The smallest absolute Gasteiger partial charge is 0.456 e. The number of rotatable bonds is 9. The van der Waals surface area contributed by atoms with Crippen molar-refractivity contribution >= 4 is 23.3 Å². The minimum atomic E-state index is -3.78. The van der Waals surface area contributed by atoms with Crippen LogP contribution in [-0.4, -0.2) is 106 Å². The van der Waals surface area contributed by atoms with Crippen LogP contribution in [-0.2, 0) is 24.3 Å². The monoisotopic (exact) mass is 447 g/mol. The van der Waals surface area contributed by atoms with Crippen LogP contribution in [0.2, 0.25) is 6.32 Å². The highest BCUT2D eigenvalue weighted by atomic mass is 32.2. The lowest BCUT2D eigenvalue weighted by Crippen LogP contribution is -2.61. The van der Waals surface area contributed by atoms with E-state index in [-0.39, 0.29) is 26.2 Å². The highest BCUT2D eigenvalue weighted by Crippen LogP contribution is 2.33. The molecule has 0 aromatic heterocycles. The van der Waals surface area contributed by atoms with Crippen molar-refractivity contribution in [1.82, 2.24) is 19.2 Å². The van der Waals surface area contributed by atoms with Gasteiger partial charge in [-0.2, -0.15) is 17.0 Å². The molecule has 0 radical (unpaired) electrons. The standard InChI is InChI=1S/C17H34BN5O6S/c1-2-23(15-10-21-11-15)30(26,27)22-12-14(17(19,13-22)16(24)25)4-3-5-18-28-8-6-20-7-9-29-18/h14-15,20-21H,2-13,19H2,1H3,(H,24,25)/t14-,17-/m0/s1. The number of nitrogens with zero attached hydrogens (tertiary/aromatic N) is 2. The lowest BCUT2D eigenvalue weighted by atomic mass is 9.77. The van der Waals surface area contributed by atoms with E-state index in [1.54, 1.807) is 6.92 Å². The SMILES string of the molecule is CCN(C1CNC1)S(=O)(=O)N1C[C@H](CCCB2OCCNCCO2)[C@](N)(C(=O)O)C1. The summed E-state index contributed by atoms with van der Waals surface area (Å²) in [5, 5.41) is 16.0. The van der Waals surface area contributed by atoms with Gasteiger partial charge in [-0.15, -0.1) is 0 Å². The summed E-state index contributed by atoms with van der Waals surface area (Å²) in [5.74, 6) is -1.64. The Bertz CT molecular complexity index is 688. The van der Waals surface area contributed by atoms with Crippen molar-refractivity contribution in [3.05, 3.63) is 0 Å². The minimum absolute atomic E-state index is 0.0980. The molecule has 3 aliphatic heterocycles. The van der Waals surface area contributed by atoms with E-state index >= 15 is 0 Å². The fourth-order valence-corrected chi connectivity index (χ4v) is 6.19. The zero-order chi connectivity index (χ0) is 21.8. The maximum absolute atomic E-state index is 13.2. The van der Waals surface area contributed by atoms with Gasteiger partial charge in [0.2, 0.25) is 0 Å². The largest absolute Gasteiger partial charge is 0.480 e. The highest BCUT2D eigenvalue weighted by molar-refractivity contribution is 7.86. The average Bonchev–Trinajstić information content (AvgIpc) is 2.98. The van der Waals surface area contributed by atoms with E-state index in [0.717, 1.165) is 13.1 Å². The van der Waals surface area contributed by atoms with Gasteiger partial charge < -0.3 is 30.8 Å². The molecule has 0 saturated carbocycles. The van der Waals surface area contributed by atoms with Gasteiger partial charge in [0, 0.05) is 64.9 Å². The molecule has 13 heteroatoms. The first-order valence-corrected chi connectivity index (χ1v) is 12.1. The molecular formula is C17H34BN5O6S. The van der Waals surface area contributed by atoms with Crippen molar-refractivity contribution < 1.29 is 27.6 Å². The van der Waals surface area contributed by atoms with Crippen molar-refractivity contribution in [1.29, 1.82) is 0 Å². The van der Waals surface area contributed by atoms with Gasteiger partial charge in [-0.1, -0.05) is 13.3 Å². The van der Waals surface area contributed by atoms with Gasteiger partial charge in [0.05, 0.1) is 6.04 Å². The molecule has 0 aromatic carbocycles.